The van der Waals surface area contributed by atoms with Crippen LogP contribution in [0.2, 0.25) is 0 Å². The van der Waals surface area contributed by atoms with Gasteiger partial charge >= 0.3 is 0 Å². The van der Waals surface area contributed by atoms with Crippen molar-refractivity contribution >= 4 is 0 Å². The molecule has 0 heteroatoms. The molecular weight excluding hydrogens is 144 g/mol. The SMILES string of the molecule is C=C(/C=C\C(C)=C/C)C(=C)CC. The largest absolute Gasteiger partial charge is 0.0953 e. The van der Waals surface area contributed by atoms with E-state index in [9.17, 15) is 0 Å². The fraction of sp³-hybridized carbons (Fsp3) is 0.333. The van der Waals surface area contributed by atoms with Gasteiger partial charge in [0.05, 0.1) is 0 Å². The summed E-state index contributed by atoms with van der Waals surface area (Å²) in [5.74, 6) is 0. The third kappa shape index (κ3) is 3.97. The standard InChI is InChI=1S/C12H18/c1-6-10(3)8-9-12(5)11(4)7-2/h6,8-9H,4-5,7H2,1-3H3/b9-8-,10-6-. The van der Waals surface area contributed by atoms with Crippen LogP contribution in [0.4, 0.5) is 0 Å². The quantitative estimate of drug-likeness (QED) is 0.547. The van der Waals surface area contributed by atoms with E-state index in [0.717, 1.165) is 17.6 Å². The van der Waals surface area contributed by atoms with E-state index in [1.54, 1.807) is 0 Å². The summed E-state index contributed by atoms with van der Waals surface area (Å²) < 4.78 is 0. The van der Waals surface area contributed by atoms with Gasteiger partial charge < -0.3 is 0 Å². The van der Waals surface area contributed by atoms with E-state index < -0.39 is 0 Å². The highest BCUT2D eigenvalue weighted by atomic mass is 14.0. The molecule has 0 aliphatic heterocycles. The van der Waals surface area contributed by atoms with Gasteiger partial charge in [0.15, 0.2) is 0 Å². The lowest BCUT2D eigenvalue weighted by atomic mass is 10.1. The Labute approximate surface area is 76.0 Å². The fourth-order valence-electron chi connectivity index (χ4n) is 0.673. The van der Waals surface area contributed by atoms with Gasteiger partial charge in [-0.2, -0.15) is 0 Å². The Morgan fingerprint density at radius 2 is 1.83 bits per heavy atom. The molecule has 0 unspecified atom stereocenters. The molecule has 0 N–H and O–H groups in total. The van der Waals surface area contributed by atoms with Gasteiger partial charge in [0, 0.05) is 0 Å². The Morgan fingerprint density at radius 3 is 2.25 bits per heavy atom. The Morgan fingerprint density at radius 1 is 1.25 bits per heavy atom. The van der Waals surface area contributed by atoms with Gasteiger partial charge in [-0.3, -0.25) is 0 Å². The molecule has 0 saturated carbocycles. The molecule has 0 amide bonds. The minimum Gasteiger partial charge on any atom is -0.0953 e. The molecule has 12 heavy (non-hydrogen) atoms. The van der Waals surface area contributed by atoms with Crippen molar-refractivity contribution in [3.05, 3.63) is 48.1 Å². The van der Waals surface area contributed by atoms with Gasteiger partial charge in [-0.05, 0) is 31.4 Å². The molecule has 0 spiro atoms. The average molecular weight is 162 g/mol. The molecule has 0 aromatic rings. The molecule has 0 atom stereocenters. The summed E-state index contributed by atoms with van der Waals surface area (Å²) in [6.07, 6.45) is 7.11. The van der Waals surface area contributed by atoms with Crippen LogP contribution in [0.15, 0.2) is 48.1 Å². The minimum absolute atomic E-state index is 0.970. The molecule has 0 radical (unpaired) electrons. The number of hydrogen-bond donors (Lipinski definition) is 0. The van der Waals surface area contributed by atoms with Gasteiger partial charge in [0.25, 0.3) is 0 Å². The van der Waals surface area contributed by atoms with Crippen molar-refractivity contribution in [1.29, 1.82) is 0 Å². The Hall–Kier alpha value is -1.04. The van der Waals surface area contributed by atoms with Crippen LogP contribution < -0.4 is 0 Å². The van der Waals surface area contributed by atoms with Crippen LogP contribution in [0.1, 0.15) is 27.2 Å². The van der Waals surface area contributed by atoms with Crippen LogP contribution in [-0.4, -0.2) is 0 Å². The number of rotatable bonds is 4. The monoisotopic (exact) mass is 162 g/mol. The van der Waals surface area contributed by atoms with Crippen LogP contribution in [0.3, 0.4) is 0 Å². The van der Waals surface area contributed by atoms with E-state index in [2.05, 4.69) is 39.2 Å². The molecule has 0 aromatic heterocycles. The highest BCUT2D eigenvalue weighted by molar-refractivity contribution is 5.37. The van der Waals surface area contributed by atoms with E-state index in [-0.39, 0.29) is 0 Å². The predicted molar refractivity (Wildman–Crippen MR) is 57.1 cm³/mol. The smallest absolute Gasteiger partial charge is 0.0302 e. The highest BCUT2D eigenvalue weighted by Gasteiger charge is 1.91. The van der Waals surface area contributed by atoms with E-state index in [1.807, 2.05) is 13.0 Å². The Bertz CT molecular complexity index is 226. The van der Waals surface area contributed by atoms with Crippen molar-refractivity contribution in [3.63, 3.8) is 0 Å². The Balaban J connectivity index is 4.18. The lowest BCUT2D eigenvalue weighted by molar-refractivity contribution is 1.14. The molecule has 0 heterocycles. The zero-order valence-electron chi connectivity index (χ0n) is 8.35. The summed E-state index contributed by atoms with van der Waals surface area (Å²) in [7, 11) is 0. The second kappa shape index (κ2) is 5.59. The molecule has 0 fully saturated rings. The fourth-order valence-corrected chi connectivity index (χ4v) is 0.673. The van der Waals surface area contributed by atoms with Gasteiger partial charge in [-0.15, -0.1) is 0 Å². The third-order valence-electron chi connectivity index (χ3n) is 1.88. The van der Waals surface area contributed by atoms with Gasteiger partial charge in [0.1, 0.15) is 0 Å². The van der Waals surface area contributed by atoms with Crippen LogP contribution >= 0.6 is 0 Å². The van der Waals surface area contributed by atoms with E-state index >= 15 is 0 Å². The first-order valence-corrected chi connectivity index (χ1v) is 4.29. The van der Waals surface area contributed by atoms with Crippen molar-refractivity contribution in [2.75, 3.05) is 0 Å². The lowest BCUT2D eigenvalue weighted by Gasteiger charge is -1.99. The summed E-state index contributed by atoms with van der Waals surface area (Å²) in [6.45, 7) is 14.0. The van der Waals surface area contributed by atoms with Gasteiger partial charge in [-0.25, -0.2) is 0 Å². The van der Waals surface area contributed by atoms with Crippen LogP contribution in [-0.2, 0) is 0 Å². The van der Waals surface area contributed by atoms with E-state index in [0.29, 0.717) is 0 Å². The number of allylic oxidation sites excluding steroid dienone is 6. The molecule has 0 aromatic carbocycles. The molecular formula is C12H18. The summed E-state index contributed by atoms with van der Waals surface area (Å²) in [5.41, 5.74) is 3.38. The van der Waals surface area contributed by atoms with Gasteiger partial charge in [0.2, 0.25) is 0 Å². The van der Waals surface area contributed by atoms with Crippen LogP contribution in [0.25, 0.3) is 0 Å². The summed E-state index contributed by atoms with van der Waals surface area (Å²) in [6, 6.07) is 0. The zero-order valence-corrected chi connectivity index (χ0v) is 8.35. The van der Waals surface area contributed by atoms with Crippen molar-refractivity contribution in [1.82, 2.24) is 0 Å². The lowest BCUT2D eigenvalue weighted by Crippen LogP contribution is -1.79. The molecule has 0 aliphatic carbocycles. The molecule has 0 bridgehead atoms. The predicted octanol–water partition coefficient (Wildman–Crippen LogP) is 4.03. The molecule has 0 rings (SSSR count). The second-order valence-corrected chi connectivity index (χ2v) is 2.85. The first-order valence-electron chi connectivity index (χ1n) is 4.29. The molecule has 66 valence electrons. The number of hydrogen-bond acceptors (Lipinski definition) is 0. The second-order valence-electron chi connectivity index (χ2n) is 2.85. The van der Waals surface area contributed by atoms with Crippen molar-refractivity contribution < 1.29 is 0 Å². The average Bonchev–Trinajstić information content (AvgIpc) is 2.11. The topological polar surface area (TPSA) is 0 Å². The van der Waals surface area contributed by atoms with Crippen molar-refractivity contribution in [3.8, 4) is 0 Å². The van der Waals surface area contributed by atoms with Crippen LogP contribution in [0, 0.1) is 0 Å². The Kier molecular flexibility index (Phi) is 5.11. The third-order valence-corrected chi connectivity index (χ3v) is 1.88. The molecule has 0 aliphatic rings. The maximum atomic E-state index is 3.92. The van der Waals surface area contributed by atoms with E-state index in [1.165, 1.54) is 5.57 Å². The van der Waals surface area contributed by atoms with Crippen molar-refractivity contribution in [2.45, 2.75) is 27.2 Å². The maximum Gasteiger partial charge on any atom is -0.0302 e. The maximum absolute atomic E-state index is 3.92. The molecule has 0 saturated heterocycles. The minimum atomic E-state index is 0.970. The molecule has 0 nitrogen and oxygen atoms in total. The van der Waals surface area contributed by atoms with Gasteiger partial charge in [-0.1, -0.05) is 43.9 Å². The van der Waals surface area contributed by atoms with Crippen LogP contribution in [0.5, 0.6) is 0 Å². The first-order chi connectivity index (χ1) is 5.61. The zero-order chi connectivity index (χ0) is 9.56. The highest BCUT2D eigenvalue weighted by Crippen LogP contribution is 2.11. The summed E-state index contributed by atoms with van der Waals surface area (Å²) in [4.78, 5) is 0. The summed E-state index contributed by atoms with van der Waals surface area (Å²) >= 11 is 0. The summed E-state index contributed by atoms with van der Waals surface area (Å²) in [5, 5.41) is 0. The normalized spacial score (nSPS) is 12.1. The first kappa shape index (κ1) is 11.0. The van der Waals surface area contributed by atoms with E-state index in [4.69, 9.17) is 0 Å². The van der Waals surface area contributed by atoms with Crippen molar-refractivity contribution in [2.24, 2.45) is 0 Å².